The fraction of sp³-hybridized carbons (Fsp3) is 0.833. The van der Waals surface area contributed by atoms with Crippen molar-refractivity contribution in [2.75, 3.05) is 13.1 Å². The van der Waals surface area contributed by atoms with Crippen molar-refractivity contribution in [3.05, 3.63) is 0 Å². The van der Waals surface area contributed by atoms with Crippen LogP contribution >= 0.6 is 0 Å². The zero-order valence-electron chi connectivity index (χ0n) is 10.8. The second-order valence-corrected chi connectivity index (χ2v) is 5.57. The highest BCUT2D eigenvalue weighted by molar-refractivity contribution is 5.90. The number of carbonyl (C=O) groups excluding carboxylic acids is 2. The molecule has 0 aromatic rings. The maximum atomic E-state index is 11.7. The van der Waals surface area contributed by atoms with Gasteiger partial charge in [-0.3, -0.25) is 4.79 Å². The number of nitrogens with one attached hydrogen (secondary N) is 1. The summed E-state index contributed by atoms with van der Waals surface area (Å²) in [6.07, 6.45) is 1.69. The summed E-state index contributed by atoms with van der Waals surface area (Å²) in [6.45, 7) is 6.84. The maximum absolute atomic E-state index is 11.7. The Kier molecular flexibility index (Phi) is 4.65. The highest BCUT2D eigenvalue weighted by atomic mass is 16.6. The molecule has 98 valence electrons. The van der Waals surface area contributed by atoms with E-state index in [1.165, 1.54) is 0 Å². The highest BCUT2D eigenvalue weighted by Crippen LogP contribution is 2.19. The van der Waals surface area contributed by atoms with E-state index in [2.05, 4.69) is 5.32 Å². The van der Waals surface area contributed by atoms with Crippen LogP contribution in [0.1, 0.15) is 33.6 Å². The molecule has 17 heavy (non-hydrogen) atoms. The van der Waals surface area contributed by atoms with Crippen LogP contribution < -0.4 is 11.1 Å². The Balaban J connectivity index is 2.49. The van der Waals surface area contributed by atoms with E-state index >= 15 is 0 Å². The van der Waals surface area contributed by atoms with Gasteiger partial charge in [0.05, 0.1) is 5.41 Å². The van der Waals surface area contributed by atoms with Crippen molar-refractivity contribution in [3.8, 4) is 0 Å². The van der Waals surface area contributed by atoms with E-state index in [0.29, 0.717) is 0 Å². The number of hydrogen-bond donors (Lipinski definition) is 2. The lowest BCUT2D eigenvalue weighted by Gasteiger charge is -2.27. The predicted octanol–water partition coefficient (Wildman–Crippen LogP) is 0.429. The molecule has 0 spiro atoms. The van der Waals surface area contributed by atoms with E-state index in [1.54, 1.807) is 20.8 Å². The number of carbonyl (C=O) groups is 2. The summed E-state index contributed by atoms with van der Waals surface area (Å²) in [5.74, 6) is -1.01. The Labute approximate surface area is 102 Å². The minimum absolute atomic E-state index is 0.108. The topological polar surface area (TPSA) is 81.4 Å². The molecule has 0 bridgehead atoms. The molecule has 1 fully saturated rings. The summed E-state index contributed by atoms with van der Waals surface area (Å²) in [5, 5.41) is 3.20. The van der Waals surface area contributed by atoms with Crippen molar-refractivity contribution >= 4 is 11.9 Å². The lowest BCUT2D eigenvalue weighted by atomic mass is 9.90. The molecule has 0 aromatic carbocycles. The molecule has 0 aromatic heterocycles. The van der Waals surface area contributed by atoms with E-state index in [0.717, 1.165) is 25.9 Å². The minimum atomic E-state index is -0.691. The normalized spacial score (nSPS) is 19.8. The second-order valence-electron chi connectivity index (χ2n) is 5.57. The fourth-order valence-electron chi connectivity index (χ4n) is 1.71. The average Bonchev–Trinajstić information content (AvgIpc) is 2.27. The van der Waals surface area contributed by atoms with Gasteiger partial charge in [0, 0.05) is 0 Å². The van der Waals surface area contributed by atoms with Crippen LogP contribution in [0.15, 0.2) is 0 Å². The van der Waals surface area contributed by atoms with E-state index in [-0.39, 0.29) is 5.92 Å². The summed E-state index contributed by atoms with van der Waals surface area (Å²) in [5.41, 5.74) is 5.15. The molecule has 1 heterocycles. The van der Waals surface area contributed by atoms with Crippen LogP contribution in [0.2, 0.25) is 0 Å². The van der Waals surface area contributed by atoms with Crippen molar-refractivity contribution in [1.29, 1.82) is 0 Å². The van der Waals surface area contributed by atoms with E-state index < -0.39 is 23.4 Å². The SMILES string of the molecule is CC(C)(C)C(=O)OC(=O)[C@H](N)C1CCNCC1. The van der Waals surface area contributed by atoms with Crippen molar-refractivity contribution in [2.45, 2.75) is 39.7 Å². The molecule has 1 rings (SSSR count). The van der Waals surface area contributed by atoms with Crippen molar-refractivity contribution in [1.82, 2.24) is 5.32 Å². The lowest BCUT2D eigenvalue weighted by Crippen LogP contribution is -2.45. The van der Waals surface area contributed by atoms with Crippen molar-refractivity contribution in [2.24, 2.45) is 17.1 Å². The second kappa shape index (κ2) is 5.60. The first kappa shape index (κ1) is 14.1. The molecule has 3 N–H and O–H groups in total. The molecule has 0 radical (unpaired) electrons. The first-order valence-electron chi connectivity index (χ1n) is 6.05. The van der Waals surface area contributed by atoms with Gasteiger partial charge in [-0.25, -0.2) is 4.79 Å². The molecule has 5 heteroatoms. The van der Waals surface area contributed by atoms with Gasteiger partial charge in [-0.05, 0) is 52.6 Å². The smallest absolute Gasteiger partial charge is 0.330 e. The largest absolute Gasteiger partial charge is 0.392 e. The highest BCUT2D eigenvalue weighted by Gasteiger charge is 2.32. The minimum Gasteiger partial charge on any atom is -0.392 e. The number of rotatable bonds is 2. The molecule has 0 aliphatic carbocycles. The number of ether oxygens (including phenoxy) is 1. The number of nitrogens with two attached hydrogens (primary N) is 1. The van der Waals surface area contributed by atoms with Gasteiger partial charge < -0.3 is 15.8 Å². The van der Waals surface area contributed by atoms with Crippen LogP contribution in [0, 0.1) is 11.3 Å². The quantitative estimate of drug-likeness (QED) is 0.542. The van der Waals surface area contributed by atoms with Crippen LogP contribution in [0.25, 0.3) is 0 Å². The first-order valence-corrected chi connectivity index (χ1v) is 6.05. The number of esters is 2. The first-order chi connectivity index (χ1) is 7.82. The van der Waals surface area contributed by atoms with Gasteiger partial charge in [0.25, 0.3) is 0 Å². The predicted molar refractivity (Wildman–Crippen MR) is 64.1 cm³/mol. The molecule has 0 unspecified atom stereocenters. The molecule has 1 atom stereocenters. The molecule has 0 saturated carbocycles. The van der Waals surface area contributed by atoms with Gasteiger partial charge in [-0.2, -0.15) is 0 Å². The third kappa shape index (κ3) is 4.09. The zero-order valence-corrected chi connectivity index (χ0v) is 10.8. The van der Waals surface area contributed by atoms with Gasteiger partial charge >= 0.3 is 11.9 Å². The van der Waals surface area contributed by atoms with Gasteiger partial charge in [0.2, 0.25) is 0 Å². The Morgan fingerprint density at radius 1 is 1.29 bits per heavy atom. The third-order valence-electron chi connectivity index (χ3n) is 2.97. The Hall–Kier alpha value is -0.940. The summed E-state index contributed by atoms with van der Waals surface area (Å²) in [6, 6.07) is -0.691. The van der Waals surface area contributed by atoms with Gasteiger partial charge in [-0.15, -0.1) is 0 Å². The van der Waals surface area contributed by atoms with Crippen LogP contribution in [0.4, 0.5) is 0 Å². The number of hydrogen-bond acceptors (Lipinski definition) is 5. The lowest BCUT2D eigenvalue weighted by molar-refractivity contribution is -0.167. The molecular weight excluding hydrogens is 220 g/mol. The Bertz CT molecular complexity index is 291. The zero-order chi connectivity index (χ0) is 13.1. The van der Waals surface area contributed by atoms with Crippen molar-refractivity contribution < 1.29 is 14.3 Å². The summed E-state index contributed by atoms with van der Waals surface area (Å²) >= 11 is 0. The molecular formula is C12H22N2O3. The van der Waals surface area contributed by atoms with Crippen LogP contribution in [0.3, 0.4) is 0 Å². The standard InChI is InChI=1S/C12H22N2O3/c1-12(2,3)11(16)17-10(15)9(13)8-4-6-14-7-5-8/h8-9,14H,4-7,13H2,1-3H3/t9-/m1/s1. The van der Waals surface area contributed by atoms with Gasteiger partial charge in [0.1, 0.15) is 6.04 Å². The molecule has 1 saturated heterocycles. The van der Waals surface area contributed by atoms with Crippen molar-refractivity contribution in [3.63, 3.8) is 0 Å². The fourth-order valence-corrected chi connectivity index (χ4v) is 1.71. The van der Waals surface area contributed by atoms with Crippen LogP contribution in [-0.2, 0) is 14.3 Å². The van der Waals surface area contributed by atoms with E-state index in [4.69, 9.17) is 10.5 Å². The molecule has 1 aliphatic rings. The van der Waals surface area contributed by atoms with Crippen LogP contribution in [-0.4, -0.2) is 31.1 Å². The molecule has 0 amide bonds. The summed E-state index contributed by atoms with van der Waals surface area (Å²) in [4.78, 5) is 23.3. The number of piperidine rings is 1. The van der Waals surface area contributed by atoms with Gasteiger partial charge in [0.15, 0.2) is 0 Å². The third-order valence-corrected chi connectivity index (χ3v) is 2.97. The monoisotopic (exact) mass is 242 g/mol. The summed E-state index contributed by atoms with van der Waals surface area (Å²) in [7, 11) is 0. The Morgan fingerprint density at radius 2 is 1.82 bits per heavy atom. The summed E-state index contributed by atoms with van der Waals surface area (Å²) < 4.78 is 4.81. The molecule has 5 nitrogen and oxygen atoms in total. The average molecular weight is 242 g/mol. The molecule has 1 aliphatic heterocycles. The van der Waals surface area contributed by atoms with Gasteiger partial charge in [-0.1, -0.05) is 0 Å². The van der Waals surface area contributed by atoms with E-state index in [9.17, 15) is 9.59 Å². The maximum Gasteiger partial charge on any atom is 0.330 e. The van der Waals surface area contributed by atoms with Crippen LogP contribution in [0.5, 0.6) is 0 Å². The Morgan fingerprint density at radius 3 is 2.29 bits per heavy atom. The van der Waals surface area contributed by atoms with E-state index in [1.807, 2.05) is 0 Å².